The van der Waals surface area contributed by atoms with Gasteiger partial charge in [0, 0.05) is 0 Å². The van der Waals surface area contributed by atoms with E-state index in [-0.39, 0.29) is 0 Å². The van der Waals surface area contributed by atoms with E-state index in [4.69, 9.17) is 9.47 Å². The van der Waals surface area contributed by atoms with Crippen molar-refractivity contribution in [3.8, 4) is 11.5 Å². The fourth-order valence-corrected chi connectivity index (χ4v) is 1.32. The van der Waals surface area contributed by atoms with Crippen molar-refractivity contribution in [2.75, 3.05) is 4.43 Å². The van der Waals surface area contributed by atoms with Gasteiger partial charge in [-0.3, -0.25) is 0 Å². The highest BCUT2D eigenvalue weighted by atomic mass is 127. The first-order valence-corrected chi connectivity index (χ1v) is 5.11. The molecule has 0 bridgehead atoms. The van der Waals surface area contributed by atoms with Crippen LogP contribution in [0.15, 0.2) is 36.3 Å². The summed E-state index contributed by atoms with van der Waals surface area (Å²) in [7, 11) is 0. The molecule has 0 spiro atoms. The number of alkyl halides is 1. The standard InChI is InChI=1S/C9H7IO2/c10-5-7-6-11-8-3-1-2-4-9(8)12-7/h1-4,6H,5H2. The van der Waals surface area contributed by atoms with Crippen molar-refractivity contribution in [2.45, 2.75) is 0 Å². The summed E-state index contributed by atoms with van der Waals surface area (Å²) in [6, 6.07) is 7.63. The molecule has 1 aromatic carbocycles. The summed E-state index contributed by atoms with van der Waals surface area (Å²) in [4.78, 5) is 0. The van der Waals surface area contributed by atoms with Crippen LogP contribution in [0.5, 0.6) is 11.5 Å². The molecule has 0 unspecified atom stereocenters. The van der Waals surface area contributed by atoms with Crippen LogP contribution < -0.4 is 9.47 Å². The molecular formula is C9H7IO2. The lowest BCUT2D eigenvalue weighted by Crippen LogP contribution is -2.05. The Kier molecular flexibility index (Phi) is 2.21. The third-order valence-electron chi connectivity index (χ3n) is 1.54. The second-order valence-corrected chi connectivity index (χ2v) is 3.15. The molecule has 2 nitrogen and oxygen atoms in total. The van der Waals surface area contributed by atoms with Gasteiger partial charge in [-0.2, -0.15) is 0 Å². The molecule has 0 fully saturated rings. The lowest BCUT2D eigenvalue weighted by atomic mass is 10.3. The zero-order valence-corrected chi connectivity index (χ0v) is 8.45. The van der Waals surface area contributed by atoms with E-state index in [2.05, 4.69) is 22.6 Å². The number of ether oxygens (including phenoxy) is 2. The summed E-state index contributed by atoms with van der Waals surface area (Å²) < 4.78 is 11.7. The van der Waals surface area contributed by atoms with Gasteiger partial charge < -0.3 is 9.47 Å². The first-order chi connectivity index (χ1) is 5.90. The summed E-state index contributed by atoms with van der Waals surface area (Å²) in [5, 5.41) is 0. The Morgan fingerprint density at radius 1 is 1.17 bits per heavy atom. The van der Waals surface area contributed by atoms with Crippen molar-refractivity contribution in [2.24, 2.45) is 0 Å². The van der Waals surface area contributed by atoms with E-state index < -0.39 is 0 Å². The SMILES string of the molecule is ICC1=COc2ccccc2O1. The summed E-state index contributed by atoms with van der Waals surface area (Å²) in [6.45, 7) is 0. The number of allylic oxidation sites excluding steroid dienone is 1. The second-order valence-electron chi connectivity index (χ2n) is 2.38. The molecule has 12 heavy (non-hydrogen) atoms. The molecular weight excluding hydrogens is 267 g/mol. The van der Waals surface area contributed by atoms with Crippen molar-refractivity contribution in [1.29, 1.82) is 0 Å². The van der Waals surface area contributed by atoms with E-state index in [1.807, 2.05) is 24.3 Å². The molecule has 0 aromatic heterocycles. The lowest BCUT2D eigenvalue weighted by molar-refractivity contribution is 0.330. The van der Waals surface area contributed by atoms with Crippen LogP contribution in [0.4, 0.5) is 0 Å². The minimum absolute atomic E-state index is 0.783. The third kappa shape index (κ3) is 1.41. The molecule has 3 heteroatoms. The summed E-state index contributed by atoms with van der Waals surface area (Å²) in [6.07, 6.45) is 1.65. The zero-order valence-electron chi connectivity index (χ0n) is 6.29. The fourth-order valence-electron chi connectivity index (χ4n) is 0.985. The van der Waals surface area contributed by atoms with Crippen LogP contribution in [0.2, 0.25) is 0 Å². The highest BCUT2D eigenvalue weighted by molar-refractivity contribution is 14.1. The first kappa shape index (κ1) is 7.91. The van der Waals surface area contributed by atoms with Crippen molar-refractivity contribution in [1.82, 2.24) is 0 Å². The van der Waals surface area contributed by atoms with Gasteiger partial charge in [-0.25, -0.2) is 0 Å². The van der Waals surface area contributed by atoms with Gasteiger partial charge in [0.1, 0.15) is 12.0 Å². The molecule has 0 saturated carbocycles. The van der Waals surface area contributed by atoms with Crippen molar-refractivity contribution in [3.63, 3.8) is 0 Å². The topological polar surface area (TPSA) is 18.5 Å². The zero-order chi connectivity index (χ0) is 8.39. The van der Waals surface area contributed by atoms with E-state index in [0.717, 1.165) is 21.7 Å². The predicted octanol–water partition coefficient (Wildman–Crippen LogP) is 2.73. The van der Waals surface area contributed by atoms with Gasteiger partial charge in [-0.1, -0.05) is 34.7 Å². The van der Waals surface area contributed by atoms with E-state index in [1.165, 1.54) is 0 Å². The molecule has 0 radical (unpaired) electrons. The maximum absolute atomic E-state index is 5.51. The van der Waals surface area contributed by atoms with Crippen molar-refractivity contribution >= 4 is 22.6 Å². The molecule has 0 amide bonds. The van der Waals surface area contributed by atoms with Crippen LogP contribution in [0, 0.1) is 0 Å². The van der Waals surface area contributed by atoms with Gasteiger partial charge in [-0.05, 0) is 12.1 Å². The molecule has 1 aromatic rings. The molecule has 0 saturated heterocycles. The number of hydrogen-bond acceptors (Lipinski definition) is 2. The fraction of sp³-hybridized carbons (Fsp3) is 0.111. The number of halogens is 1. The average Bonchev–Trinajstić information content (AvgIpc) is 2.17. The van der Waals surface area contributed by atoms with Crippen LogP contribution in [0.3, 0.4) is 0 Å². The Bertz CT molecular complexity index is 320. The Morgan fingerprint density at radius 3 is 2.67 bits per heavy atom. The highest BCUT2D eigenvalue weighted by Crippen LogP contribution is 2.31. The highest BCUT2D eigenvalue weighted by Gasteiger charge is 2.11. The van der Waals surface area contributed by atoms with Crippen molar-refractivity contribution < 1.29 is 9.47 Å². The Labute approximate surface area is 84.3 Å². The maximum atomic E-state index is 5.51. The lowest BCUT2D eigenvalue weighted by Gasteiger charge is -2.16. The van der Waals surface area contributed by atoms with E-state index in [1.54, 1.807) is 6.26 Å². The van der Waals surface area contributed by atoms with Crippen LogP contribution in [0.1, 0.15) is 0 Å². The second kappa shape index (κ2) is 3.35. The summed E-state index contributed by atoms with van der Waals surface area (Å²) in [5.41, 5.74) is 0. The number of rotatable bonds is 1. The molecule has 0 N–H and O–H groups in total. The monoisotopic (exact) mass is 274 g/mol. The molecule has 0 atom stereocenters. The first-order valence-electron chi connectivity index (χ1n) is 3.58. The van der Waals surface area contributed by atoms with E-state index in [0.29, 0.717) is 0 Å². The van der Waals surface area contributed by atoms with E-state index in [9.17, 15) is 0 Å². The minimum atomic E-state index is 0.783. The number of fused-ring (bicyclic) bond motifs is 1. The molecule has 1 aliphatic heterocycles. The summed E-state index contributed by atoms with van der Waals surface area (Å²) in [5.74, 6) is 2.44. The predicted molar refractivity (Wildman–Crippen MR) is 54.7 cm³/mol. The van der Waals surface area contributed by atoms with Gasteiger partial charge in [0.15, 0.2) is 11.5 Å². The third-order valence-corrected chi connectivity index (χ3v) is 2.29. The molecule has 1 heterocycles. The van der Waals surface area contributed by atoms with E-state index >= 15 is 0 Å². The van der Waals surface area contributed by atoms with Gasteiger partial charge in [0.2, 0.25) is 0 Å². The number of hydrogen-bond donors (Lipinski definition) is 0. The molecule has 2 rings (SSSR count). The Hall–Kier alpha value is -0.710. The van der Waals surface area contributed by atoms with Crippen LogP contribution in [-0.2, 0) is 0 Å². The van der Waals surface area contributed by atoms with Crippen LogP contribution in [-0.4, -0.2) is 4.43 Å². The molecule has 0 aliphatic carbocycles. The quantitative estimate of drug-likeness (QED) is 0.579. The largest absolute Gasteiger partial charge is 0.458 e. The Balaban J connectivity index is 2.31. The maximum Gasteiger partial charge on any atom is 0.169 e. The number of benzene rings is 1. The van der Waals surface area contributed by atoms with Crippen LogP contribution >= 0.6 is 22.6 Å². The minimum Gasteiger partial charge on any atom is -0.458 e. The van der Waals surface area contributed by atoms with Crippen LogP contribution in [0.25, 0.3) is 0 Å². The average molecular weight is 274 g/mol. The Morgan fingerprint density at radius 2 is 1.92 bits per heavy atom. The molecule has 1 aliphatic rings. The van der Waals surface area contributed by atoms with Gasteiger partial charge in [-0.15, -0.1) is 0 Å². The van der Waals surface area contributed by atoms with Crippen molar-refractivity contribution in [3.05, 3.63) is 36.3 Å². The smallest absolute Gasteiger partial charge is 0.169 e. The number of para-hydroxylation sites is 2. The normalized spacial score (nSPS) is 13.9. The van der Waals surface area contributed by atoms with Gasteiger partial charge >= 0.3 is 0 Å². The van der Waals surface area contributed by atoms with Gasteiger partial charge in [0.05, 0.1) is 4.43 Å². The van der Waals surface area contributed by atoms with Gasteiger partial charge in [0.25, 0.3) is 0 Å². The summed E-state index contributed by atoms with van der Waals surface area (Å²) >= 11 is 2.23. The molecule has 62 valence electrons.